The molecule has 0 aromatic heterocycles. The summed E-state index contributed by atoms with van der Waals surface area (Å²) in [6.45, 7) is 2.73. The molecule has 100 valence electrons. The lowest BCUT2D eigenvalue weighted by atomic mass is 9.99. The molecular formula is C19H19N. The van der Waals surface area contributed by atoms with Crippen LogP contribution in [0.3, 0.4) is 0 Å². The van der Waals surface area contributed by atoms with Crippen molar-refractivity contribution in [2.24, 2.45) is 5.73 Å². The van der Waals surface area contributed by atoms with E-state index in [1.165, 1.54) is 33.0 Å². The maximum atomic E-state index is 5.70. The van der Waals surface area contributed by atoms with Crippen molar-refractivity contribution in [3.05, 3.63) is 82.9 Å². The Bertz CT molecular complexity index is 744. The summed E-state index contributed by atoms with van der Waals surface area (Å²) >= 11 is 0. The van der Waals surface area contributed by atoms with Crippen LogP contribution in [-0.2, 0) is 13.0 Å². The minimum absolute atomic E-state index is 0.602. The summed E-state index contributed by atoms with van der Waals surface area (Å²) in [6, 6.07) is 21.8. The van der Waals surface area contributed by atoms with Crippen molar-refractivity contribution < 1.29 is 0 Å². The molecular weight excluding hydrogens is 242 g/mol. The van der Waals surface area contributed by atoms with Gasteiger partial charge in [-0.05, 0) is 40.8 Å². The topological polar surface area (TPSA) is 26.0 Å². The first-order chi connectivity index (χ1) is 9.74. The van der Waals surface area contributed by atoms with Crippen molar-refractivity contribution in [2.75, 3.05) is 0 Å². The molecule has 1 nitrogen and oxygen atoms in total. The zero-order valence-corrected chi connectivity index (χ0v) is 11.8. The van der Waals surface area contributed by atoms with E-state index in [-0.39, 0.29) is 0 Å². The zero-order chi connectivity index (χ0) is 13.9. The van der Waals surface area contributed by atoms with Gasteiger partial charge in [-0.25, -0.2) is 0 Å². The van der Waals surface area contributed by atoms with Crippen molar-refractivity contribution in [3.8, 4) is 0 Å². The van der Waals surface area contributed by atoms with Crippen LogP contribution in [0.2, 0.25) is 0 Å². The first kappa shape index (κ1) is 12.9. The molecule has 0 bridgehead atoms. The summed E-state index contributed by atoms with van der Waals surface area (Å²) in [4.78, 5) is 0. The van der Waals surface area contributed by atoms with Gasteiger partial charge in [0, 0.05) is 6.54 Å². The molecule has 20 heavy (non-hydrogen) atoms. The molecule has 0 spiro atoms. The number of hydrogen-bond donors (Lipinski definition) is 1. The second kappa shape index (κ2) is 5.48. The Hall–Kier alpha value is -2.12. The molecule has 0 atom stereocenters. The lowest BCUT2D eigenvalue weighted by Crippen LogP contribution is -1.97. The quantitative estimate of drug-likeness (QED) is 0.751. The molecule has 0 unspecified atom stereocenters. The highest BCUT2D eigenvalue weighted by Gasteiger charge is 2.00. The van der Waals surface area contributed by atoms with E-state index in [9.17, 15) is 0 Å². The van der Waals surface area contributed by atoms with Gasteiger partial charge in [-0.3, -0.25) is 0 Å². The summed E-state index contributed by atoms with van der Waals surface area (Å²) < 4.78 is 0. The van der Waals surface area contributed by atoms with E-state index in [0.29, 0.717) is 6.54 Å². The van der Waals surface area contributed by atoms with E-state index in [2.05, 4.69) is 67.6 Å². The maximum Gasteiger partial charge on any atom is 0.0178 e. The molecule has 3 aromatic rings. The fraction of sp³-hybridized carbons (Fsp3) is 0.158. The zero-order valence-electron chi connectivity index (χ0n) is 11.8. The normalized spacial score (nSPS) is 10.9. The van der Waals surface area contributed by atoms with Gasteiger partial charge in [-0.15, -0.1) is 0 Å². The number of aryl methyl sites for hydroxylation is 1. The smallest absolute Gasteiger partial charge is 0.0178 e. The molecule has 0 aliphatic carbocycles. The molecule has 0 saturated heterocycles. The van der Waals surface area contributed by atoms with Gasteiger partial charge < -0.3 is 5.73 Å². The number of benzene rings is 3. The first-order valence-corrected chi connectivity index (χ1v) is 7.02. The first-order valence-electron chi connectivity index (χ1n) is 7.02. The molecule has 3 aromatic carbocycles. The highest BCUT2D eigenvalue weighted by molar-refractivity contribution is 5.83. The maximum absolute atomic E-state index is 5.70. The Balaban J connectivity index is 1.92. The fourth-order valence-electron chi connectivity index (χ4n) is 2.63. The highest BCUT2D eigenvalue weighted by atomic mass is 14.5. The van der Waals surface area contributed by atoms with Crippen LogP contribution >= 0.6 is 0 Å². The van der Waals surface area contributed by atoms with Gasteiger partial charge in [0.1, 0.15) is 0 Å². The lowest BCUT2D eigenvalue weighted by molar-refractivity contribution is 1.06. The largest absolute Gasteiger partial charge is 0.326 e. The Labute approximate surface area is 120 Å². The van der Waals surface area contributed by atoms with Crippen LogP contribution in [0.25, 0.3) is 10.8 Å². The van der Waals surface area contributed by atoms with Gasteiger partial charge in [0.25, 0.3) is 0 Å². The summed E-state index contributed by atoms with van der Waals surface area (Å²) in [5.41, 5.74) is 10.9. The Kier molecular flexibility index (Phi) is 3.53. The molecule has 0 aliphatic heterocycles. The average Bonchev–Trinajstić information content (AvgIpc) is 2.47. The Morgan fingerprint density at radius 2 is 1.45 bits per heavy atom. The summed E-state index contributed by atoms with van der Waals surface area (Å²) in [5.74, 6) is 0. The van der Waals surface area contributed by atoms with Gasteiger partial charge in [0.2, 0.25) is 0 Å². The van der Waals surface area contributed by atoms with Gasteiger partial charge in [0.15, 0.2) is 0 Å². The number of nitrogens with two attached hydrogens (primary N) is 1. The van der Waals surface area contributed by atoms with Crippen LogP contribution in [0.4, 0.5) is 0 Å². The van der Waals surface area contributed by atoms with Crippen LogP contribution in [0.15, 0.2) is 60.7 Å². The SMILES string of the molecule is Cc1ccc2cc(Cc3cccc(CN)c3)ccc2c1. The molecule has 1 heteroatoms. The van der Waals surface area contributed by atoms with Crippen molar-refractivity contribution in [1.29, 1.82) is 0 Å². The van der Waals surface area contributed by atoms with Crippen LogP contribution in [-0.4, -0.2) is 0 Å². The van der Waals surface area contributed by atoms with Crippen LogP contribution < -0.4 is 5.73 Å². The van der Waals surface area contributed by atoms with Gasteiger partial charge >= 0.3 is 0 Å². The van der Waals surface area contributed by atoms with Crippen molar-refractivity contribution in [2.45, 2.75) is 19.9 Å². The monoisotopic (exact) mass is 261 g/mol. The lowest BCUT2D eigenvalue weighted by Gasteiger charge is -2.06. The van der Waals surface area contributed by atoms with E-state index in [0.717, 1.165) is 6.42 Å². The van der Waals surface area contributed by atoms with Crippen molar-refractivity contribution in [3.63, 3.8) is 0 Å². The second-order valence-corrected chi connectivity index (χ2v) is 5.39. The molecule has 0 fully saturated rings. The third kappa shape index (κ3) is 2.73. The van der Waals surface area contributed by atoms with Crippen molar-refractivity contribution >= 4 is 10.8 Å². The predicted molar refractivity (Wildman–Crippen MR) is 85.8 cm³/mol. The second-order valence-electron chi connectivity index (χ2n) is 5.39. The number of fused-ring (bicyclic) bond motifs is 1. The molecule has 0 aliphatic rings. The van der Waals surface area contributed by atoms with E-state index >= 15 is 0 Å². The van der Waals surface area contributed by atoms with E-state index in [4.69, 9.17) is 5.73 Å². The van der Waals surface area contributed by atoms with Gasteiger partial charge in [-0.1, -0.05) is 66.2 Å². The molecule has 2 N–H and O–H groups in total. The molecule has 0 radical (unpaired) electrons. The predicted octanol–water partition coefficient (Wildman–Crippen LogP) is 4.20. The minimum Gasteiger partial charge on any atom is -0.326 e. The highest BCUT2D eigenvalue weighted by Crippen LogP contribution is 2.20. The minimum atomic E-state index is 0.602. The summed E-state index contributed by atoms with van der Waals surface area (Å²) in [7, 11) is 0. The Morgan fingerprint density at radius 1 is 0.750 bits per heavy atom. The molecule has 3 rings (SSSR count). The molecule has 0 saturated carbocycles. The average molecular weight is 261 g/mol. The van der Waals surface area contributed by atoms with E-state index in [1.54, 1.807) is 0 Å². The van der Waals surface area contributed by atoms with Gasteiger partial charge in [0.05, 0.1) is 0 Å². The van der Waals surface area contributed by atoms with E-state index in [1.807, 2.05) is 0 Å². The van der Waals surface area contributed by atoms with E-state index < -0.39 is 0 Å². The van der Waals surface area contributed by atoms with Crippen LogP contribution in [0.1, 0.15) is 22.3 Å². The molecule has 0 amide bonds. The molecule has 0 heterocycles. The fourth-order valence-corrected chi connectivity index (χ4v) is 2.63. The Morgan fingerprint density at radius 3 is 2.30 bits per heavy atom. The third-order valence-corrected chi connectivity index (χ3v) is 3.70. The van der Waals surface area contributed by atoms with Crippen LogP contribution in [0, 0.1) is 6.92 Å². The summed E-state index contributed by atoms with van der Waals surface area (Å²) in [6.07, 6.45) is 0.956. The van der Waals surface area contributed by atoms with Gasteiger partial charge in [-0.2, -0.15) is 0 Å². The van der Waals surface area contributed by atoms with Crippen molar-refractivity contribution in [1.82, 2.24) is 0 Å². The standard InChI is InChI=1S/C19H19N/c1-14-5-7-19-12-16(6-8-18(19)9-14)10-15-3-2-4-17(11-15)13-20/h2-9,11-12H,10,13,20H2,1H3. The third-order valence-electron chi connectivity index (χ3n) is 3.70. The number of rotatable bonds is 3. The van der Waals surface area contributed by atoms with Crippen LogP contribution in [0.5, 0.6) is 0 Å². The summed E-state index contributed by atoms with van der Waals surface area (Å²) in [5, 5.41) is 2.62. The number of hydrogen-bond acceptors (Lipinski definition) is 1.